The van der Waals surface area contributed by atoms with Gasteiger partial charge in [-0.15, -0.1) is 0 Å². The summed E-state index contributed by atoms with van der Waals surface area (Å²) in [7, 11) is 1.67. The molecule has 0 aliphatic rings. The second-order valence-corrected chi connectivity index (χ2v) is 3.14. The van der Waals surface area contributed by atoms with E-state index >= 15 is 0 Å². The van der Waals surface area contributed by atoms with Crippen molar-refractivity contribution < 1.29 is 4.74 Å². The molecular formula is C10H13N5O. The first-order valence-corrected chi connectivity index (χ1v) is 4.93. The summed E-state index contributed by atoms with van der Waals surface area (Å²) in [5.74, 6) is 0.756. The van der Waals surface area contributed by atoms with Crippen molar-refractivity contribution in [1.29, 1.82) is 0 Å². The first-order chi connectivity index (χ1) is 7.92. The predicted molar refractivity (Wildman–Crippen MR) is 59.5 cm³/mol. The highest BCUT2D eigenvalue weighted by molar-refractivity contribution is 5.38. The first-order valence-electron chi connectivity index (χ1n) is 4.93. The Morgan fingerprint density at radius 1 is 1.38 bits per heavy atom. The van der Waals surface area contributed by atoms with Gasteiger partial charge in [0.15, 0.2) is 0 Å². The van der Waals surface area contributed by atoms with Gasteiger partial charge in [-0.25, -0.2) is 15.0 Å². The molecule has 0 amide bonds. The molecule has 1 N–H and O–H groups in total. The Balaban J connectivity index is 2.13. The van der Waals surface area contributed by atoms with Crippen LogP contribution in [0.2, 0.25) is 0 Å². The zero-order chi connectivity index (χ0) is 11.2. The molecule has 0 radical (unpaired) electrons. The lowest BCUT2D eigenvalue weighted by Gasteiger charge is -2.08. The largest absolute Gasteiger partial charge is 0.383 e. The number of aromatic nitrogens is 4. The molecule has 0 aliphatic carbocycles. The van der Waals surface area contributed by atoms with Crippen LogP contribution in [-0.2, 0) is 4.74 Å². The molecule has 2 heterocycles. The van der Waals surface area contributed by atoms with Crippen LogP contribution in [0.1, 0.15) is 0 Å². The Kier molecular flexibility index (Phi) is 3.45. The fourth-order valence-electron chi connectivity index (χ4n) is 1.32. The number of hydrogen-bond donors (Lipinski definition) is 1. The second kappa shape index (κ2) is 5.22. The van der Waals surface area contributed by atoms with E-state index in [9.17, 15) is 0 Å². The van der Waals surface area contributed by atoms with Gasteiger partial charge in [0.2, 0.25) is 5.95 Å². The number of rotatable bonds is 5. The van der Waals surface area contributed by atoms with Gasteiger partial charge in [0.25, 0.3) is 0 Å². The third-order valence-electron chi connectivity index (χ3n) is 2.06. The van der Waals surface area contributed by atoms with E-state index in [0.29, 0.717) is 13.2 Å². The first kappa shape index (κ1) is 10.6. The molecule has 16 heavy (non-hydrogen) atoms. The molecule has 0 saturated carbocycles. The van der Waals surface area contributed by atoms with Crippen molar-refractivity contribution in [3.8, 4) is 5.69 Å². The number of imidazole rings is 1. The molecule has 0 fully saturated rings. The summed E-state index contributed by atoms with van der Waals surface area (Å²) >= 11 is 0. The van der Waals surface area contributed by atoms with Crippen molar-refractivity contribution in [2.75, 3.05) is 25.6 Å². The summed E-state index contributed by atoms with van der Waals surface area (Å²) in [4.78, 5) is 12.1. The molecule has 0 atom stereocenters. The minimum atomic E-state index is 0.637. The normalized spacial score (nSPS) is 10.3. The van der Waals surface area contributed by atoms with Crippen LogP contribution in [0.5, 0.6) is 0 Å². The Morgan fingerprint density at radius 3 is 2.94 bits per heavy atom. The minimum absolute atomic E-state index is 0.637. The smallest absolute Gasteiger partial charge is 0.207 e. The molecule has 6 nitrogen and oxygen atoms in total. The summed E-state index contributed by atoms with van der Waals surface area (Å²) in [6.45, 7) is 1.35. The van der Waals surface area contributed by atoms with E-state index in [4.69, 9.17) is 4.74 Å². The lowest BCUT2D eigenvalue weighted by molar-refractivity contribution is 0.210. The lowest BCUT2D eigenvalue weighted by atomic mass is 10.5. The van der Waals surface area contributed by atoms with Crippen molar-refractivity contribution in [1.82, 2.24) is 19.5 Å². The Bertz CT molecular complexity index is 428. The summed E-state index contributed by atoms with van der Waals surface area (Å²) in [5.41, 5.74) is 0.875. The summed E-state index contributed by atoms with van der Waals surface area (Å²) in [6.07, 6.45) is 8.54. The van der Waals surface area contributed by atoms with Crippen molar-refractivity contribution >= 4 is 5.95 Å². The number of ether oxygens (including phenoxy) is 1. The van der Waals surface area contributed by atoms with Gasteiger partial charge in [0, 0.05) is 26.0 Å². The molecule has 2 rings (SSSR count). The molecule has 0 bridgehead atoms. The van der Waals surface area contributed by atoms with Crippen LogP contribution in [0.25, 0.3) is 5.69 Å². The maximum absolute atomic E-state index is 4.96. The zero-order valence-electron chi connectivity index (χ0n) is 9.00. The number of hydrogen-bond acceptors (Lipinski definition) is 5. The quantitative estimate of drug-likeness (QED) is 0.751. The van der Waals surface area contributed by atoms with Crippen LogP contribution in [-0.4, -0.2) is 39.8 Å². The van der Waals surface area contributed by atoms with Crippen molar-refractivity contribution in [2.45, 2.75) is 0 Å². The summed E-state index contributed by atoms with van der Waals surface area (Å²) in [6, 6.07) is 0. The maximum atomic E-state index is 4.96. The molecule has 0 saturated heterocycles. The van der Waals surface area contributed by atoms with Gasteiger partial charge in [-0.3, -0.25) is 4.57 Å². The third-order valence-corrected chi connectivity index (χ3v) is 2.06. The molecular weight excluding hydrogens is 206 g/mol. The lowest BCUT2D eigenvalue weighted by Crippen LogP contribution is -2.11. The number of nitrogens with one attached hydrogen (secondary N) is 1. The molecule has 6 heteroatoms. The van der Waals surface area contributed by atoms with Crippen LogP contribution >= 0.6 is 0 Å². The molecule has 0 unspecified atom stereocenters. The van der Waals surface area contributed by atoms with Crippen LogP contribution < -0.4 is 5.32 Å². The van der Waals surface area contributed by atoms with Crippen molar-refractivity contribution in [2.24, 2.45) is 0 Å². The SMILES string of the molecule is COCCNc1nccn1-c1cncnc1. The zero-order valence-corrected chi connectivity index (χ0v) is 9.00. The average Bonchev–Trinajstić information content (AvgIpc) is 2.79. The Labute approximate surface area is 93.3 Å². The highest BCUT2D eigenvalue weighted by atomic mass is 16.5. The van der Waals surface area contributed by atoms with E-state index in [2.05, 4.69) is 20.3 Å². The van der Waals surface area contributed by atoms with E-state index in [1.54, 1.807) is 25.7 Å². The number of anilines is 1. The van der Waals surface area contributed by atoms with Gasteiger partial charge in [0.1, 0.15) is 6.33 Å². The fourth-order valence-corrected chi connectivity index (χ4v) is 1.32. The Hall–Kier alpha value is -1.95. The fraction of sp³-hybridized carbons (Fsp3) is 0.300. The summed E-state index contributed by atoms with van der Waals surface area (Å²) < 4.78 is 6.85. The summed E-state index contributed by atoms with van der Waals surface area (Å²) in [5, 5.41) is 3.16. The van der Waals surface area contributed by atoms with Crippen molar-refractivity contribution in [3.63, 3.8) is 0 Å². The highest BCUT2D eigenvalue weighted by Gasteiger charge is 2.03. The standard InChI is InChI=1S/C10H13N5O/c1-16-5-3-14-10-13-2-4-15(10)9-6-11-8-12-7-9/h2,4,6-8H,3,5H2,1H3,(H,13,14). The van der Waals surface area contributed by atoms with Crippen LogP contribution in [0.15, 0.2) is 31.1 Å². The molecule has 2 aromatic heterocycles. The third kappa shape index (κ3) is 2.34. The van der Waals surface area contributed by atoms with E-state index in [1.165, 1.54) is 6.33 Å². The van der Waals surface area contributed by atoms with E-state index in [-0.39, 0.29) is 0 Å². The topological polar surface area (TPSA) is 64.9 Å². The van der Waals surface area contributed by atoms with Gasteiger partial charge in [-0.1, -0.05) is 0 Å². The van der Waals surface area contributed by atoms with Gasteiger partial charge in [-0.2, -0.15) is 0 Å². The van der Waals surface area contributed by atoms with Crippen LogP contribution in [0.3, 0.4) is 0 Å². The molecule has 2 aromatic rings. The van der Waals surface area contributed by atoms with Gasteiger partial charge >= 0.3 is 0 Å². The Morgan fingerprint density at radius 2 is 2.19 bits per heavy atom. The highest BCUT2D eigenvalue weighted by Crippen LogP contribution is 2.11. The van der Waals surface area contributed by atoms with E-state index in [0.717, 1.165) is 11.6 Å². The molecule has 0 aliphatic heterocycles. The van der Waals surface area contributed by atoms with E-state index in [1.807, 2.05) is 10.8 Å². The number of methoxy groups -OCH3 is 1. The average molecular weight is 219 g/mol. The predicted octanol–water partition coefficient (Wildman–Crippen LogP) is 0.721. The molecule has 0 aromatic carbocycles. The van der Waals surface area contributed by atoms with Gasteiger partial charge < -0.3 is 10.1 Å². The minimum Gasteiger partial charge on any atom is -0.383 e. The van der Waals surface area contributed by atoms with Gasteiger partial charge in [-0.05, 0) is 0 Å². The molecule has 84 valence electrons. The van der Waals surface area contributed by atoms with E-state index < -0.39 is 0 Å². The number of nitrogens with zero attached hydrogens (tertiary/aromatic N) is 4. The monoisotopic (exact) mass is 219 g/mol. The molecule has 0 spiro atoms. The maximum Gasteiger partial charge on any atom is 0.207 e. The second-order valence-electron chi connectivity index (χ2n) is 3.14. The van der Waals surface area contributed by atoms with Crippen LogP contribution in [0.4, 0.5) is 5.95 Å². The van der Waals surface area contributed by atoms with Crippen LogP contribution in [0, 0.1) is 0 Å². The van der Waals surface area contributed by atoms with Crippen molar-refractivity contribution in [3.05, 3.63) is 31.1 Å². The van der Waals surface area contributed by atoms with Gasteiger partial charge in [0.05, 0.1) is 24.7 Å².